The van der Waals surface area contributed by atoms with Crippen molar-refractivity contribution in [2.75, 3.05) is 12.3 Å². The highest BCUT2D eigenvalue weighted by Crippen LogP contribution is 2.29. The molecule has 0 saturated carbocycles. The highest BCUT2D eigenvalue weighted by molar-refractivity contribution is 5.91. The number of aromatic nitrogens is 3. The Morgan fingerprint density at radius 1 is 1.26 bits per heavy atom. The van der Waals surface area contributed by atoms with E-state index < -0.39 is 6.29 Å². The molecule has 3 rings (SSSR count). The number of hydrogen-bond donors (Lipinski definition) is 2. The van der Waals surface area contributed by atoms with Crippen molar-refractivity contribution < 1.29 is 9.84 Å². The first-order valence-electron chi connectivity index (χ1n) is 7.38. The van der Waals surface area contributed by atoms with E-state index in [1.165, 1.54) is 6.20 Å². The summed E-state index contributed by atoms with van der Waals surface area (Å²) < 4.78 is 5.25. The first-order valence-corrected chi connectivity index (χ1v) is 7.38. The largest absolute Gasteiger partial charge is 0.382 e. The van der Waals surface area contributed by atoms with E-state index in [2.05, 4.69) is 15.0 Å². The Kier molecular flexibility index (Phi) is 4.18. The molecule has 0 aliphatic carbocycles. The normalized spacial score (nSPS) is 12.5. The molecule has 3 aromatic heterocycles. The predicted octanol–water partition coefficient (Wildman–Crippen LogP) is 2.61. The molecule has 3 aromatic rings. The Bertz CT molecular complexity index is 851. The molecule has 0 spiro atoms. The molecule has 0 amide bonds. The lowest BCUT2D eigenvalue weighted by molar-refractivity contribution is -0.0971. The van der Waals surface area contributed by atoms with Crippen LogP contribution in [0.5, 0.6) is 0 Å². The third-order valence-corrected chi connectivity index (χ3v) is 3.57. The first kappa shape index (κ1) is 15.3. The Balaban J connectivity index is 2.15. The molecule has 0 fully saturated rings. The van der Waals surface area contributed by atoms with Crippen LogP contribution < -0.4 is 5.73 Å². The second-order valence-electron chi connectivity index (χ2n) is 5.19. The summed E-state index contributed by atoms with van der Waals surface area (Å²) in [5.41, 5.74) is 9.72. The van der Waals surface area contributed by atoms with Crippen molar-refractivity contribution in [2.24, 2.45) is 0 Å². The Hall–Kier alpha value is -2.57. The topological polar surface area (TPSA) is 94.2 Å². The van der Waals surface area contributed by atoms with Gasteiger partial charge in [0.25, 0.3) is 0 Å². The van der Waals surface area contributed by atoms with Gasteiger partial charge in [0.2, 0.25) is 0 Å². The summed E-state index contributed by atoms with van der Waals surface area (Å²) in [6.45, 7) is 4.14. The zero-order valence-corrected chi connectivity index (χ0v) is 13.0. The number of fused-ring (bicyclic) bond motifs is 1. The number of aliphatic hydroxyl groups excluding tert-OH is 1. The Morgan fingerprint density at radius 3 is 2.83 bits per heavy atom. The summed E-state index contributed by atoms with van der Waals surface area (Å²) in [4.78, 5) is 12.9. The number of pyridine rings is 3. The summed E-state index contributed by atoms with van der Waals surface area (Å²) >= 11 is 0. The van der Waals surface area contributed by atoms with Gasteiger partial charge < -0.3 is 15.6 Å². The van der Waals surface area contributed by atoms with Gasteiger partial charge in [-0.2, -0.15) is 0 Å². The fraction of sp³-hybridized carbons (Fsp3) is 0.235. The highest BCUT2D eigenvalue weighted by atomic mass is 16.6. The van der Waals surface area contributed by atoms with Crippen molar-refractivity contribution in [2.45, 2.75) is 20.1 Å². The van der Waals surface area contributed by atoms with E-state index in [1.54, 1.807) is 6.20 Å². The predicted molar refractivity (Wildman–Crippen MR) is 88.5 cm³/mol. The molecule has 3 heterocycles. The minimum absolute atomic E-state index is 0.320. The molecular formula is C17H18N4O2. The number of anilines is 1. The van der Waals surface area contributed by atoms with Gasteiger partial charge in [-0.05, 0) is 38.1 Å². The van der Waals surface area contributed by atoms with E-state index in [0.717, 1.165) is 22.3 Å². The molecule has 0 saturated heterocycles. The van der Waals surface area contributed by atoms with Gasteiger partial charge in [-0.1, -0.05) is 0 Å². The minimum Gasteiger partial charge on any atom is -0.382 e. The molecule has 0 aliphatic heterocycles. The van der Waals surface area contributed by atoms with Gasteiger partial charge in [-0.3, -0.25) is 4.98 Å². The maximum atomic E-state index is 10.1. The third kappa shape index (κ3) is 2.99. The van der Waals surface area contributed by atoms with E-state index in [9.17, 15) is 5.11 Å². The Morgan fingerprint density at radius 2 is 2.09 bits per heavy atom. The van der Waals surface area contributed by atoms with Crippen molar-refractivity contribution in [3.05, 3.63) is 47.9 Å². The lowest BCUT2D eigenvalue weighted by Gasteiger charge is -2.14. The highest BCUT2D eigenvalue weighted by Gasteiger charge is 2.15. The molecular weight excluding hydrogens is 292 g/mol. The van der Waals surface area contributed by atoms with Crippen molar-refractivity contribution in [1.82, 2.24) is 15.0 Å². The lowest BCUT2D eigenvalue weighted by Crippen LogP contribution is -2.06. The van der Waals surface area contributed by atoms with Crippen LogP contribution >= 0.6 is 0 Å². The maximum Gasteiger partial charge on any atom is 0.183 e. The summed E-state index contributed by atoms with van der Waals surface area (Å²) in [6.07, 6.45) is 2.22. The second-order valence-corrected chi connectivity index (χ2v) is 5.19. The van der Waals surface area contributed by atoms with Gasteiger partial charge in [0.1, 0.15) is 11.3 Å². The number of rotatable bonds is 4. The molecule has 1 unspecified atom stereocenters. The van der Waals surface area contributed by atoms with Gasteiger partial charge >= 0.3 is 0 Å². The average Bonchev–Trinajstić information content (AvgIpc) is 2.55. The van der Waals surface area contributed by atoms with Gasteiger partial charge in [0.05, 0.1) is 5.69 Å². The molecule has 6 nitrogen and oxygen atoms in total. The standard InChI is InChI=1S/C17H18N4O2/c1-3-23-17(22)13-9-20-16(18)15-12(13)4-5-14(21-15)11-6-7-19-10(2)8-11/h4-9,17,22H,3H2,1-2H3,(H2,18,20). The van der Waals surface area contributed by atoms with Gasteiger partial charge in [-0.25, -0.2) is 9.97 Å². The van der Waals surface area contributed by atoms with Crippen LogP contribution in [0, 0.1) is 6.92 Å². The summed E-state index contributed by atoms with van der Waals surface area (Å²) in [5.74, 6) is 0.320. The molecule has 0 aromatic carbocycles. The van der Waals surface area contributed by atoms with Gasteiger partial charge in [-0.15, -0.1) is 0 Å². The van der Waals surface area contributed by atoms with Crippen LogP contribution in [0.25, 0.3) is 22.2 Å². The zero-order chi connectivity index (χ0) is 16.4. The molecule has 118 valence electrons. The smallest absolute Gasteiger partial charge is 0.183 e. The van der Waals surface area contributed by atoms with Gasteiger partial charge in [0.15, 0.2) is 6.29 Å². The monoisotopic (exact) mass is 310 g/mol. The van der Waals surface area contributed by atoms with E-state index in [-0.39, 0.29) is 0 Å². The fourth-order valence-corrected chi connectivity index (χ4v) is 2.47. The summed E-state index contributed by atoms with van der Waals surface area (Å²) in [6, 6.07) is 7.61. The van der Waals surface area contributed by atoms with Gasteiger partial charge in [0, 0.05) is 41.2 Å². The maximum absolute atomic E-state index is 10.1. The number of aliphatic hydroxyl groups is 1. The molecule has 6 heteroatoms. The van der Waals surface area contributed by atoms with Crippen molar-refractivity contribution >= 4 is 16.7 Å². The zero-order valence-electron chi connectivity index (χ0n) is 13.0. The third-order valence-electron chi connectivity index (χ3n) is 3.57. The molecule has 0 aliphatic rings. The number of nitrogens with zero attached hydrogens (tertiary/aromatic N) is 3. The van der Waals surface area contributed by atoms with Crippen LogP contribution in [0.1, 0.15) is 24.5 Å². The van der Waals surface area contributed by atoms with Crippen molar-refractivity contribution in [1.29, 1.82) is 0 Å². The molecule has 3 N–H and O–H groups in total. The second kappa shape index (κ2) is 6.28. The first-order chi connectivity index (χ1) is 11.1. The number of ether oxygens (including phenoxy) is 1. The van der Waals surface area contributed by atoms with Crippen LogP contribution in [-0.2, 0) is 4.74 Å². The molecule has 1 atom stereocenters. The van der Waals surface area contributed by atoms with Crippen LogP contribution in [0.4, 0.5) is 5.82 Å². The lowest BCUT2D eigenvalue weighted by atomic mass is 10.1. The van der Waals surface area contributed by atoms with Crippen LogP contribution in [0.2, 0.25) is 0 Å². The number of nitrogen functional groups attached to an aromatic ring is 1. The number of aryl methyl sites for hydroxylation is 1. The van der Waals surface area contributed by atoms with E-state index in [4.69, 9.17) is 10.5 Å². The average molecular weight is 310 g/mol. The van der Waals surface area contributed by atoms with Crippen molar-refractivity contribution in [3.8, 4) is 11.3 Å². The molecule has 0 radical (unpaired) electrons. The summed E-state index contributed by atoms with van der Waals surface area (Å²) in [7, 11) is 0. The molecule has 23 heavy (non-hydrogen) atoms. The van der Waals surface area contributed by atoms with E-state index in [1.807, 2.05) is 38.1 Å². The number of hydrogen-bond acceptors (Lipinski definition) is 6. The quantitative estimate of drug-likeness (QED) is 0.719. The SMILES string of the molecule is CCOC(O)c1cnc(N)c2nc(-c3ccnc(C)c3)ccc12. The Labute approximate surface area is 134 Å². The minimum atomic E-state index is -1.05. The van der Waals surface area contributed by atoms with Crippen molar-refractivity contribution in [3.63, 3.8) is 0 Å². The molecule has 0 bridgehead atoms. The van der Waals surface area contributed by atoms with Crippen LogP contribution in [-0.4, -0.2) is 26.7 Å². The van der Waals surface area contributed by atoms with Crippen LogP contribution in [0.3, 0.4) is 0 Å². The summed E-state index contributed by atoms with van der Waals surface area (Å²) in [5, 5.41) is 10.8. The fourth-order valence-electron chi connectivity index (χ4n) is 2.47. The van der Waals surface area contributed by atoms with Crippen LogP contribution in [0.15, 0.2) is 36.7 Å². The van der Waals surface area contributed by atoms with E-state index >= 15 is 0 Å². The van der Waals surface area contributed by atoms with E-state index in [0.29, 0.717) is 23.5 Å². The number of nitrogens with two attached hydrogens (primary N) is 1.